The molecule has 0 saturated heterocycles. The van der Waals surface area contributed by atoms with Crippen molar-refractivity contribution in [3.8, 4) is 0 Å². The van der Waals surface area contributed by atoms with Gasteiger partial charge in [-0.15, -0.1) is 0 Å². The van der Waals surface area contributed by atoms with Crippen LogP contribution < -0.4 is 0 Å². The van der Waals surface area contributed by atoms with Crippen LogP contribution in [0.3, 0.4) is 0 Å². The predicted octanol–water partition coefficient (Wildman–Crippen LogP) is 2.68. The second-order valence-corrected chi connectivity index (χ2v) is 3.91. The summed E-state index contributed by atoms with van der Waals surface area (Å²) in [7, 11) is 2.14. The fourth-order valence-corrected chi connectivity index (χ4v) is 2.43. The van der Waals surface area contributed by atoms with Crippen LogP contribution in [-0.4, -0.2) is 4.57 Å². The highest BCUT2D eigenvalue weighted by molar-refractivity contribution is 5.78. The third-order valence-corrected chi connectivity index (χ3v) is 3.15. The highest BCUT2D eigenvalue weighted by Gasteiger charge is 2.23. The van der Waals surface area contributed by atoms with Crippen LogP contribution in [0.15, 0.2) is 30.0 Å². The van der Waals surface area contributed by atoms with Crippen molar-refractivity contribution in [3.05, 3.63) is 41.2 Å². The Bertz CT molecular complexity index is 418. The molecule has 0 radical (unpaired) electrons. The topological polar surface area (TPSA) is 4.93 Å². The predicted molar refractivity (Wildman–Crippen MR) is 54.4 cm³/mol. The minimum Gasteiger partial charge on any atom is -0.354 e. The Labute approximate surface area is 78.4 Å². The summed E-state index contributed by atoms with van der Waals surface area (Å²) in [6, 6.07) is 2.26. The molecule has 13 heavy (non-hydrogen) atoms. The maximum absolute atomic E-state index is 2.30. The summed E-state index contributed by atoms with van der Waals surface area (Å²) >= 11 is 0. The molecule has 3 rings (SSSR count). The molecular formula is C12H13N. The molecule has 0 unspecified atom stereocenters. The zero-order valence-corrected chi connectivity index (χ0v) is 7.88. The van der Waals surface area contributed by atoms with E-state index in [0.717, 1.165) is 6.42 Å². The molecule has 1 heterocycles. The van der Waals surface area contributed by atoms with Crippen LogP contribution in [0.2, 0.25) is 0 Å². The van der Waals surface area contributed by atoms with Crippen LogP contribution in [0, 0.1) is 0 Å². The van der Waals surface area contributed by atoms with Gasteiger partial charge in [0.15, 0.2) is 0 Å². The fraction of sp³-hybridized carbons (Fsp3) is 0.333. The van der Waals surface area contributed by atoms with Crippen molar-refractivity contribution in [2.75, 3.05) is 0 Å². The molecule has 1 aromatic rings. The summed E-state index contributed by atoms with van der Waals surface area (Å²) in [6.45, 7) is 0. The molecule has 0 aliphatic heterocycles. The van der Waals surface area contributed by atoms with Gasteiger partial charge in [-0.1, -0.05) is 12.2 Å². The summed E-state index contributed by atoms with van der Waals surface area (Å²) in [5.74, 6) is 0. The lowest BCUT2D eigenvalue weighted by Crippen LogP contribution is -1.93. The molecule has 0 bridgehead atoms. The van der Waals surface area contributed by atoms with Crippen molar-refractivity contribution < 1.29 is 0 Å². The van der Waals surface area contributed by atoms with E-state index >= 15 is 0 Å². The number of hydrogen-bond acceptors (Lipinski definition) is 0. The fourth-order valence-electron chi connectivity index (χ4n) is 2.43. The molecule has 1 nitrogen and oxygen atoms in total. The summed E-state index contributed by atoms with van der Waals surface area (Å²) in [5, 5.41) is 0. The number of fused-ring (bicyclic) bond motifs is 2. The Morgan fingerprint density at radius 3 is 3.23 bits per heavy atom. The molecule has 1 heteroatoms. The molecule has 66 valence electrons. The monoisotopic (exact) mass is 171 g/mol. The number of aromatic nitrogens is 1. The SMILES string of the molecule is Cn1ccc2c1CC1=C2CCC=C1. The molecule has 0 atom stereocenters. The molecular weight excluding hydrogens is 158 g/mol. The smallest absolute Gasteiger partial charge is 0.0291 e. The normalized spacial score (nSPS) is 19.2. The van der Waals surface area contributed by atoms with E-state index in [1.165, 1.54) is 24.1 Å². The van der Waals surface area contributed by atoms with Gasteiger partial charge in [0.25, 0.3) is 0 Å². The van der Waals surface area contributed by atoms with Crippen molar-refractivity contribution in [1.82, 2.24) is 4.57 Å². The number of nitrogens with zero attached hydrogens (tertiary/aromatic N) is 1. The van der Waals surface area contributed by atoms with Gasteiger partial charge in [0.2, 0.25) is 0 Å². The summed E-state index contributed by atoms with van der Waals surface area (Å²) in [6.07, 6.45) is 10.4. The quantitative estimate of drug-likeness (QED) is 0.565. The van der Waals surface area contributed by atoms with E-state index in [-0.39, 0.29) is 0 Å². The van der Waals surface area contributed by atoms with Crippen LogP contribution in [0.25, 0.3) is 5.57 Å². The van der Waals surface area contributed by atoms with Crippen LogP contribution in [0.4, 0.5) is 0 Å². The Morgan fingerprint density at radius 1 is 1.38 bits per heavy atom. The van der Waals surface area contributed by atoms with E-state index in [9.17, 15) is 0 Å². The largest absolute Gasteiger partial charge is 0.354 e. The van der Waals surface area contributed by atoms with Gasteiger partial charge in [-0.05, 0) is 35.6 Å². The number of aryl methyl sites for hydroxylation is 1. The van der Waals surface area contributed by atoms with Gasteiger partial charge in [-0.2, -0.15) is 0 Å². The molecule has 0 spiro atoms. The molecule has 1 aromatic heterocycles. The van der Waals surface area contributed by atoms with Crippen LogP contribution in [0.1, 0.15) is 24.1 Å². The van der Waals surface area contributed by atoms with Gasteiger partial charge in [0.1, 0.15) is 0 Å². The van der Waals surface area contributed by atoms with Gasteiger partial charge >= 0.3 is 0 Å². The lowest BCUT2D eigenvalue weighted by molar-refractivity contribution is 0.856. The summed E-state index contributed by atoms with van der Waals surface area (Å²) in [4.78, 5) is 0. The van der Waals surface area contributed by atoms with E-state index in [4.69, 9.17) is 0 Å². The Balaban J connectivity index is 2.18. The van der Waals surface area contributed by atoms with E-state index in [1.807, 2.05) is 0 Å². The first-order valence-electron chi connectivity index (χ1n) is 4.89. The zero-order chi connectivity index (χ0) is 8.84. The highest BCUT2D eigenvalue weighted by Crippen LogP contribution is 2.38. The van der Waals surface area contributed by atoms with E-state index in [1.54, 1.807) is 11.1 Å². The zero-order valence-electron chi connectivity index (χ0n) is 7.88. The van der Waals surface area contributed by atoms with E-state index in [0.29, 0.717) is 0 Å². The van der Waals surface area contributed by atoms with Crippen molar-refractivity contribution in [2.45, 2.75) is 19.3 Å². The maximum atomic E-state index is 2.30. The van der Waals surface area contributed by atoms with Gasteiger partial charge in [-0.3, -0.25) is 0 Å². The molecule has 0 amide bonds. The van der Waals surface area contributed by atoms with Gasteiger partial charge in [-0.25, -0.2) is 0 Å². The van der Waals surface area contributed by atoms with Gasteiger partial charge in [0.05, 0.1) is 0 Å². The Hall–Kier alpha value is -1.24. The van der Waals surface area contributed by atoms with Gasteiger partial charge < -0.3 is 4.57 Å². The average Bonchev–Trinajstić information content (AvgIpc) is 2.67. The Morgan fingerprint density at radius 2 is 2.31 bits per heavy atom. The Kier molecular flexibility index (Phi) is 1.32. The standard InChI is InChI=1S/C12H13N/c1-13-7-6-11-10-5-3-2-4-9(10)8-12(11)13/h2,4,6-7H,3,5,8H2,1H3. The summed E-state index contributed by atoms with van der Waals surface area (Å²) in [5.41, 5.74) is 6.14. The second kappa shape index (κ2) is 2.38. The number of rotatable bonds is 0. The molecule has 0 saturated carbocycles. The van der Waals surface area contributed by atoms with Crippen LogP contribution in [-0.2, 0) is 13.5 Å². The maximum Gasteiger partial charge on any atom is 0.0291 e. The van der Waals surface area contributed by atoms with E-state index < -0.39 is 0 Å². The summed E-state index contributed by atoms with van der Waals surface area (Å²) < 4.78 is 2.25. The minimum absolute atomic E-state index is 1.14. The van der Waals surface area contributed by atoms with Crippen LogP contribution >= 0.6 is 0 Å². The molecule has 0 fully saturated rings. The van der Waals surface area contributed by atoms with E-state index in [2.05, 4.69) is 36.0 Å². The second-order valence-electron chi connectivity index (χ2n) is 3.91. The van der Waals surface area contributed by atoms with Crippen LogP contribution in [0.5, 0.6) is 0 Å². The molecule has 2 aliphatic carbocycles. The lowest BCUT2D eigenvalue weighted by atomic mass is 9.98. The molecule has 2 aliphatic rings. The first-order valence-corrected chi connectivity index (χ1v) is 4.89. The molecule has 0 aromatic carbocycles. The molecule has 0 N–H and O–H groups in total. The van der Waals surface area contributed by atoms with Crippen molar-refractivity contribution in [2.24, 2.45) is 7.05 Å². The third-order valence-electron chi connectivity index (χ3n) is 3.15. The average molecular weight is 171 g/mol. The highest BCUT2D eigenvalue weighted by atomic mass is 14.9. The third kappa shape index (κ3) is 0.873. The first kappa shape index (κ1) is 7.19. The first-order chi connectivity index (χ1) is 6.36. The van der Waals surface area contributed by atoms with Crippen molar-refractivity contribution in [1.29, 1.82) is 0 Å². The number of allylic oxidation sites excluding steroid dienone is 4. The van der Waals surface area contributed by atoms with Crippen molar-refractivity contribution >= 4 is 5.57 Å². The number of hydrogen-bond donors (Lipinski definition) is 0. The minimum atomic E-state index is 1.14. The lowest BCUT2D eigenvalue weighted by Gasteiger charge is -2.07. The van der Waals surface area contributed by atoms with Crippen molar-refractivity contribution in [3.63, 3.8) is 0 Å². The van der Waals surface area contributed by atoms with Gasteiger partial charge in [0, 0.05) is 25.4 Å².